The zero-order valence-electron chi connectivity index (χ0n) is 9.45. The molecule has 17 heavy (non-hydrogen) atoms. The molecule has 1 rings (SSSR count). The average Bonchev–Trinajstić information content (AvgIpc) is 2.23. The first-order valence-electron chi connectivity index (χ1n) is 4.71. The zero-order chi connectivity index (χ0) is 13.0. The van der Waals surface area contributed by atoms with Crippen LogP contribution in [0.5, 0.6) is 0 Å². The fourth-order valence-corrected chi connectivity index (χ4v) is 1.68. The van der Waals surface area contributed by atoms with Crippen molar-refractivity contribution in [3.8, 4) is 0 Å². The van der Waals surface area contributed by atoms with Crippen molar-refractivity contribution in [3.05, 3.63) is 28.8 Å². The third kappa shape index (κ3) is 2.86. The summed E-state index contributed by atoms with van der Waals surface area (Å²) in [6.45, 7) is 1.76. The lowest BCUT2D eigenvalue weighted by Gasteiger charge is -2.23. The number of urea groups is 1. The van der Waals surface area contributed by atoms with E-state index in [9.17, 15) is 4.79 Å². The van der Waals surface area contributed by atoms with Crippen molar-refractivity contribution < 1.29 is 9.63 Å². The normalized spacial score (nSPS) is 9.82. The zero-order valence-corrected chi connectivity index (χ0v) is 10.2. The molecule has 4 N–H and O–H groups in total. The predicted molar refractivity (Wildman–Crippen MR) is 66.1 cm³/mol. The number of guanidine groups is 1. The maximum absolute atomic E-state index is 11.7. The van der Waals surface area contributed by atoms with Crippen LogP contribution in [0.2, 0.25) is 5.02 Å². The van der Waals surface area contributed by atoms with Gasteiger partial charge in [-0.15, -0.1) is 0 Å². The molecule has 92 valence electrons. The number of nitrogens with zero attached hydrogens (tertiary/aromatic N) is 1. The molecule has 0 aliphatic carbocycles. The highest BCUT2D eigenvalue weighted by atomic mass is 35.5. The Morgan fingerprint density at radius 1 is 1.59 bits per heavy atom. The highest BCUT2D eigenvalue weighted by Gasteiger charge is 2.22. The van der Waals surface area contributed by atoms with Gasteiger partial charge >= 0.3 is 6.03 Å². The maximum Gasteiger partial charge on any atom is 0.352 e. The molecule has 0 unspecified atom stereocenters. The van der Waals surface area contributed by atoms with E-state index in [1.54, 1.807) is 25.1 Å². The van der Waals surface area contributed by atoms with Crippen LogP contribution in [0.1, 0.15) is 5.56 Å². The SMILES string of the molecule is CONC(=O)N(C(=N)N)c1c(C)cccc1Cl. The van der Waals surface area contributed by atoms with Crippen molar-refractivity contribution in [3.63, 3.8) is 0 Å². The van der Waals surface area contributed by atoms with Gasteiger partial charge < -0.3 is 5.73 Å². The molecule has 0 aromatic heterocycles. The lowest BCUT2D eigenvalue weighted by molar-refractivity contribution is 0.112. The number of amides is 2. The number of anilines is 1. The van der Waals surface area contributed by atoms with Gasteiger partial charge in [-0.2, -0.15) is 0 Å². The second-order valence-corrected chi connectivity index (χ2v) is 3.64. The number of para-hydroxylation sites is 1. The van der Waals surface area contributed by atoms with Gasteiger partial charge in [-0.3, -0.25) is 10.2 Å². The number of halogens is 1. The molecule has 1 aromatic rings. The molecule has 0 saturated heterocycles. The lowest BCUT2D eigenvalue weighted by Crippen LogP contribution is -2.47. The standard InChI is InChI=1S/C10H13ClN4O2/c1-6-4-3-5-7(11)8(6)15(9(12)13)10(16)14-17-2/h3-5H,1-2H3,(H3,12,13)(H,14,16). The number of carbonyl (C=O) groups is 1. The van der Waals surface area contributed by atoms with Gasteiger partial charge in [-0.1, -0.05) is 23.7 Å². The summed E-state index contributed by atoms with van der Waals surface area (Å²) in [4.78, 5) is 17.1. The molecule has 0 spiro atoms. The number of hydrogen-bond donors (Lipinski definition) is 3. The van der Waals surface area contributed by atoms with E-state index in [0.717, 1.165) is 10.5 Å². The van der Waals surface area contributed by atoms with Gasteiger partial charge in [-0.05, 0) is 18.6 Å². The molecule has 6 nitrogen and oxygen atoms in total. The largest absolute Gasteiger partial charge is 0.369 e. The van der Waals surface area contributed by atoms with Crippen LogP contribution in [0.15, 0.2) is 18.2 Å². The van der Waals surface area contributed by atoms with E-state index in [1.165, 1.54) is 7.11 Å². The Labute approximate surface area is 104 Å². The summed E-state index contributed by atoms with van der Waals surface area (Å²) in [5, 5.41) is 7.75. The summed E-state index contributed by atoms with van der Waals surface area (Å²) in [6.07, 6.45) is 0. The van der Waals surface area contributed by atoms with Crippen molar-refractivity contribution >= 4 is 29.3 Å². The summed E-state index contributed by atoms with van der Waals surface area (Å²) >= 11 is 6.00. The van der Waals surface area contributed by atoms with Crippen LogP contribution in [-0.4, -0.2) is 19.1 Å². The summed E-state index contributed by atoms with van der Waals surface area (Å²) in [5.74, 6) is -0.448. The number of benzene rings is 1. The molecule has 0 radical (unpaired) electrons. The lowest BCUT2D eigenvalue weighted by atomic mass is 10.2. The molecule has 1 aromatic carbocycles. The number of carbonyl (C=O) groups excluding carboxylic acids is 1. The third-order valence-electron chi connectivity index (χ3n) is 2.05. The minimum absolute atomic E-state index is 0.325. The Balaban J connectivity index is 3.23. The van der Waals surface area contributed by atoms with E-state index < -0.39 is 12.0 Å². The van der Waals surface area contributed by atoms with Crippen LogP contribution in [0, 0.1) is 12.3 Å². The average molecular weight is 257 g/mol. The molecule has 0 aliphatic heterocycles. The summed E-state index contributed by atoms with van der Waals surface area (Å²) in [6, 6.07) is 4.43. The minimum Gasteiger partial charge on any atom is -0.369 e. The molecule has 0 atom stereocenters. The molecule has 0 heterocycles. The van der Waals surface area contributed by atoms with Gasteiger partial charge in [-0.25, -0.2) is 15.2 Å². The summed E-state index contributed by atoms with van der Waals surface area (Å²) in [7, 11) is 1.29. The highest BCUT2D eigenvalue weighted by molar-refractivity contribution is 6.35. The van der Waals surface area contributed by atoms with Gasteiger partial charge in [0, 0.05) is 0 Å². The van der Waals surface area contributed by atoms with Crippen molar-refractivity contribution in [2.75, 3.05) is 12.0 Å². The smallest absolute Gasteiger partial charge is 0.352 e. The van der Waals surface area contributed by atoms with E-state index in [2.05, 4.69) is 10.3 Å². The number of aryl methyl sites for hydroxylation is 1. The van der Waals surface area contributed by atoms with Crippen molar-refractivity contribution in [2.45, 2.75) is 6.92 Å². The second-order valence-electron chi connectivity index (χ2n) is 3.24. The van der Waals surface area contributed by atoms with E-state index >= 15 is 0 Å². The fourth-order valence-electron chi connectivity index (χ4n) is 1.37. The Kier molecular flexibility index (Phi) is 4.30. The number of nitrogens with one attached hydrogen (secondary N) is 2. The second kappa shape index (κ2) is 5.51. The van der Waals surface area contributed by atoms with Crippen LogP contribution < -0.4 is 16.1 Å². The molecule has 0 bridgehead atoms. The Morgan fingerprint density at radius 2 is 2.24 bits per heavy atom. The number of nitrogens with two attached hydrogens (primary N) is 1. The van der Waals surface area contributed by atoms with Crippen LogP contribution in [0.4, 0.5) is 10.5 Å². The first kappa shape index (κ1) is 13.3. The molecule has 7 heteroatoms. The van der Waals surface area contributed by atoms with Gasteiger partial charge in [0.05, 0.1) is 17.8 Å². The van der Waals surface area contributed by atoms with E-state index in [0.29, 0.717) is 10.7 Å². The number of hydrogen-bond acceptors (Lipinski definition) is 3. The number of hydroxylamine groups is 1. The minimum atomic E-state index is -0.684. The molecule has 0 aliphatic rings. The van der Waals surface area contributed by atoms with Crippen molar-refractivity contribution in [1.29, 1.82) is 5.41 Å². The van der Waals surface area contributed by atoms with E-state index in [4.69, 9.17) is 22.7 Å². The van der Waals surface area contributed by atoms with Gasteiger partial charge in [0.15, 0.2) is 0 Å². The van der Waals surface area contributed by atoms with Gasteiger partial charge in [0.2, 0.25) is 5.96 Å². The fraction of sp³-hybridized carbons (Fsp3) is 0.200. The van der Waals surface area contributed by atoms with Crippen LogP contribution in [0.3, 0.4) is 0 Å². The third-order valence-corrected chi connectivity index (χ3v) is 2.35. The molecule has 0 saturated carbocycles. The summed E-state index contributed by atoms with van der Waals surface area (Å²) in [5.41, 5.74) is 8.54. The number of rotatable bonds is 2. The quantitative estimate of drug-likeness (QED) is 0.427. The van der Waals surface area contributed by atoms with Gasteiger partial charge in [0.25, 0.3) is 0 Å². The Morgan fingerprint density at radius 3 is 2.71 bits per heavy atom. The van der Waals surface area contributed by atoms with Crippen molar-refractivity contribution in [2.24, 2.45) is 5.73 Å². The molecule has 0 fully saturated rings. The molecular weight excluding hydrogens is 244 g/mol. The molecule has 2 amide bonds. The van der Waals surface area contributed by atoms with Crippen LogP contribution in [0.25, 0.3) is 0 Å². The highest BCUT2D eigenvalue weighted by Crippen LogP contribution is 2.29. The molecular formula is C10H13ClN4O2. The first-order valence-corrected chi connectivity index (χ1v) is 5.09. The Bertz CT molecular complexity index is 430. The van der Waals surface area contributed by atoms with E-state index in [-0.39, 0.29) is 0 Å². The first-order chi connectivity index (χ1) is 7.99. The van der Waals surface area contributed by atoms with Crippen LogP contribution in [-0.2, 0) is 4.84 Å². The summed E-state index contributed by atoms with van der Waals surface area (Å²) < 4.78 is 0. The van der Waals surface area contributed by atoms with Crippen LogP contribution >= 0.6 is 11.6 Å². The maximum atomic E-state index is 11.7. The van der Waals surface area contributed by atoms with E-state index in [1.807, 2.05) is 0 Å². The Hall–Kier alpha value is -1.79. The predicted octanol–water partition coefficient (Wildman–Crippen LogP) is 1.62. The topological polar surface area (TPSA) is 91.4 Å². The monoisotopic (exact) mass is 256 g/mol. The van der Waals surface area contributed by atoms with Gasteiger partial charge in [0.1, 0.15) is 0 Å². The van der Waals surface area contributed by atoms with Crippen molar-refractivity contribution in [1.82, 2.24) is 5.48 Å².